The summed E-state index contributed by atoms with van der Waals surface area (Å²) in [6, 6.07) is 40.6. The van der Waals surface area contributed by atoms with E-state index in [1.54, 1.807) is 0 Å². The van der Waals surface area contributed by atoms with Crippen LogP contribution in [0, 0.1) is 0 Å². The maximum atomic E-state index is 6.79. The first-order chi connectivity index (χ1) is 26.5. The van der Waals surface area contributed by atoms with Gasteiger partial charge in [-0.05, 0) is 90.3 Å². The van der Waals surface area contributed by atoms with Crippen LogP contribution in [-0.2, 0) is 0 Å². The van der Waals surface area contributed by atoms with Gasteiger partial charge in [-0.15, -0.1) is 32.8 Å². The zero-order valence-corrected chi connectivity index (χ0v) is 33.8. The molecule has 0 N–H and O–H groups in total. The lowest BCUT2D eigenvalue weighted by Crippen LogP contribution is -2.55. The Labute approximate surface area is 333 Å². The Kier molecular flexibility index (Phi) is 8.50. The van der Waals surface area contributed by atoms with Gasteiger partial charge in [-0.2, -0.15) is 0 Å². The Balaban J connectivity index is 1.37. The van der Waals surface area contributed by atoms with Gasteiger partial charge in [0.2, 0.25) is 0 Å². The highest BCUT2D eigenvalue weighted by atomic mass is 16.3. The lowest BCUT2D eigenvalue weighted by molar-refractivity contribution is 0.669. The molecule has 1 heterocycles. The second kappa shape index (κ2) is 13.2. The predicted molar refractivity (Wildman–Crippen MR) is 272 cm³/mol. The lowest BCUT2D eigenvalue weighted by Gasteiger charge is -2.22. The van der Waals surface area contributed by atoms with Crippen LogP contribution >= 0.6 is 0 Å². The Hall–Kier alpha value is -5.27. The van der Waals surface area contributed by atoms with Gasteiger partial charge in [-0.25, -0.2) is 0 Å². The second-order valence-corrected chi connectivity index (χ2v) is 15.9. The predicted octanol–water partition coefficient (Wildman–Crippen LogP) is -4.86. The smallest absolute Gasteiger partial charge is 0.139 e. The van der Waals surface area contributed by atoms with Crippen molar-refractivity contribution in [1.29, 1.82) is 0 Å². The molecule has 0 aliphatic carbocycles. The van der Waals surface area contributed by atoms with E-state index in [1.165, 1.54) is 121 Å². The Morgan fingerprint density at radius 1 is 0.291 bits per heavy atom. The molecule has 0 spiro atoms. The van der Waals surface area contributed by atoms with Gasteiger partial charge in [0.1, 0.15) is 89.6 Å². The lowest BCUT2D eigenvalue weighted by atomic mass is 9.59. The maximum absolute atomic E-state index is 6.79. The van der Waals surface area contributed by atoms with Crippen LogP contribution < -0.4 is 54.6 Å². The molecule has 8 aromatic carbocycles. The highest BCUT2D eigenvalue weighted by Crippen LogP contribution is 2.47. The molecule has 0 unspecified atom stereocenters. The summed E-state index contributed by atoms with van der Waals surface area (Å²) in [7, 11) is 22.6. The minimum atomic E-state index is 0.909. The van der Waals surface area contributed by atoms with Crippen LogP contribution in [0.4, 0.5) is 0 Å². The number of hydrogen-bond donors (Lipinski definition) is 0. The van der Waals surface area contributed by atoms with Gasteiger partial charge in [-0.1, -0.05) is 107 Å². The molecule has 0 amide bonds. The van der Waals surface area contributed by atoms with Gasteiger partial charge in [0.15, 0.2) is 0 Å². The maximum Gasteiger partial charge on any atom is 0.139 e. The third kappa shape index (κ3) is 5.30. The van der Waals surface area contributed by atoms with Crippen molar-refractivity contribution in [2.75, 3.05) is 0 Å². The SMILES string of the molecule is Bc1c(B)c(B)c(-c2ccc3c(c2)oc2cccc(-c4c5ccccc5c(-c5ccccc5)c5cc(-c6c(B)c(B)c(B)c(B)c6B)ccc45)c23)c(B)c1B. The van der Waals surface area contributed by atoms with Gasteiger partial charge in [-0.3, -0.25) is 0 Å². The zero-order valence-electron chi connectivity index (χ0n) is 33.8. The van der Waals surface area contributed by atoms with Crippen LogP contribution in [0.3, 0.4) is 0 Å². The number of furan rings is 1. The summed E-state index contributed by atoms with van der Waals surface area (Å²) in [6.07, 6.45) is 0. The third-order valence-corrected chi connectivity index (χ3v) is 13.4. The van der Waals surface area contributed by atoms with E-state index in [9.17, 15) is 0 Å². The molecule has 0 saturated carbocycles. The summed E-state index contributed by atoms with van der Waals surface area (Å²) in [6.45, 7) is 0. The van der Waals surface area contributed by atoms with Crippen molar-refractivity contribution in [2.24, 2.45) is 0 Å². The summed E-state index contributed by atoms with van der Waals surface area (Å²) >= 11 is 0. The fourth-order valence-electron chi connectivity index (χ4n) is 9.60. The van der Waals surface area contributed by atoms with Crippen LogP contribution in [0.1, 0.15) is 0 Å². The average molecular weight is 691 g/mol. The number of benzene rings is 8. The molecule has 9 aromatic rings. The van der Waals surface area contributed by atoms with Crippen LogP contribution in [0.25, 0.3) is 88.0 Å². The molecule has 0 bridgehead atoms. The topological polar surface area (TPSA) is 13.1 Å². The van der Waals surface area contributed by atoms with E-state index < -0.39 is 0 Å². The van der Waals surface area contributed by atoms with Crippen molar-refractivity contribution in [3.8, 4) is 44.5 Å². The minimum absolute atomic E-state index is 0.909. The van der Waals surface area contributed by atoms with Crippen molar-refractivity contribution in [3.63, 3.8) is 0 Å². The molecule has 9 rings (SSSR count). The summed E-state index contributed by atoms with van der Waals surface area (Å²) < 4.78 is 6.79. The monoisotopic (exact) mass is 692 g/mol. The molecule has 1 aromatic heterocycles. The fraction of sp³-hybridized carbons (Fsp3) is 0. The summed E-state index contributed by atoms with van der Waals surface area (Å²) in [5.74, 6) is 0. The van der Waals surface area contributed by atoms with E-state index in [2.05, 4.69) is 188 Å². The number of fused-ring (bicyclic) bond motifs is 5. The van der Waals surface area contributed by atoms with Crippen LogP contribution in [-0.4, -0.2) is 78.5 Å². The van der Waals surface area contributed by atoms with Gasteiger partial charge < -0.3 is 4.42 Å². The minimum Gasteiger partial charge on any atom is -0.456 e. The third-order valence-electron chi connectivity index (χ3n) is 13.4. The van der Waals surface area contributed by atoms with Crippen LogP contribution in [0.5, 0.6) is 0 Å². The normalized spacial score (nSPS) is 11.6. The standard InChI is InChI=1S/C44H38B10O/c45-35-31(36(46)40(50)43(53)39(35)49)20-13-15-24-27(17-20)30(19-7-2-1-3-8-19)22-9-4-5-10-23(22)33(24)26-11-6-12-28-34(26)25-16-14-21(18-29(25)55-28)32-37(47)41(51)44(54)42(52)38(32)48/h1-18H,45-54H2. The highest BCUT2D eigenvalue weighted by molar-refractivity contribution is 6.70. The first-order valence-electron chi connectivity index (χ1n) is 19.6. The molecular formula is C44H38B10O. The summed E-state index contributed by atoms with van der Waals surface area (Å²) in [5.41, 5.74) is 25.6. The van der Waals surface area contributed by atoms with E-state index in [1.807, 2.05) is 0 Å². The Morgan fingerprint density at radius 2 is 0.764 bits per heavy atom. The first-order valence-corrected chi connectivity index (χ1v) is 19.6. The zero-order chi connectivity index (χ0) is 38.4. The van der Waals surface area contributed by atoms with E-state index in [0.29, 0.717) is 0 Å². The molecule has 0 aliphatic heterocycles. The molecule has 0 fully saturated rings. The van der Waals surface area contributed by atoms with Crippen molar-refractivity contribution in [1.82, 2.24) is 0 Å². The summed E-state index contributed by atoms with van der Waals surface area (Å²) in [4.78, 5) is 0. The van der Waals surface area contributed by atoms with Crippen LogP contribution in [0.2, 0.25) is 0 Å². The molecule has 1 nitrogen and oxygen atoms in total. The largest absolute Gasteiger partial charge is 0.456 e. The molecule has 0 aliphatic rings. The van der Waals surface area contributed by atoms with Gasteiger partial charge >= 0.3 is 0 Å². The number of hydrogen-bond acceptors (Lipinski definition) is 1. The second-order valence-electron chi connectivity index (χ2n) is 15.9. The highest BCUT2D eigenvalue weighted by Gasteiger charge is 2.23. The van der Waals surface area contributed by atoms with Crippen molar-refractivity contribution < 1.29 is 4.42 Å². The molecule has 0 saturated heterocycles. The van der Waals surface area contributed by atoms with Gasteiger partial charge in [0.25, 0.3) is 0 Å². The van der Waals surface area contributed by atoms with Crippen molar-refractivity contribution in [2.45, 2.75) is 0 Å². The molecular weight excluding hydrogens is 653 g/mol. The average Bonchev–Trinajstić information content (AvgIpc) is 3.58. The summed E-state index contributed by atoms with van der Waals surface area (Å²) in [5, 5.41) is 7.30. The Bertz CT molecular complexity index is 3040. The first kappa shape index (κ1) is 35.4. The molecule has 250 valence electrons. The van der Waals surface area contributed by atoms with Crippen LogP contribution in [0.15, 0.2) is 114 Å². The van der Waals surface area contributed by atoms with Gasteiger partial charge in [0, 0.05) is 10.8 Å². The molecule has 0 atom stereocenters. The molecule has 0 radical (unpaired) electrons. The van der Waals surface area contributed by atoms with Gasteiger partial charge in [0.05, 0.1) is 0 Å². The van der Waals surface area contributed by atoms with Crippen molar-refractivity contribution in [3.05, 3.63) is 109 Å². The van der Waals surface area contributed by atoms with E-state index in [-0.39, 0.29) is 0 Å². The fourth-order valence-corrected chi connectivity index (χ4v) is 9.60. The molecule has 55 heavy (non-hydrogen) atoms. The van der Waals surface area contributed by atoms with E-state index in [4.69, 9.17) is 4.42 Å². The number of rotatable bonds is 4. The molecule has 11 heteroatoms. The van der Waals surface area contributed by atoms with E-state index >= 15 is 0 Å². The Morgan fingerprint density at radius 3 is 1.35 bits per heavy atom. The quantitative estimate of drug-likeness (QED) is 0.134. The van der Waals surface area contributed by atoms with E-state index in [0.717, 1.165) is 21.9 Å². The van der Waals surface area contributed by atoms with Crippen molar-refractivity contribution >= 4 is 177 Å².